The summed E-state index contributed by atoms with van der Waals surface area (Å²) in [6.45, 7) is 5.99. The average molecular weight is 371 g/mol. The van der Waals surface area contributed by atoms with Gasteiger partial charge in [-0.05, 0) is 61.2 Å². The van der Waals surface area contributed by atoms with Crippen LogP contribution in [0.1, 0.15) is 43.9 Å². The highest BCUT2D eigenvalue weighted by Crippen LogP contribution is 2.25. The van der Waals surface area contributed by atoms with Gasteiger partial charge in [-0.25, -0.2) is 0 Å². The van der Waals surface area contributed by atoms with E-state index >= 15 is 0 Å². The molecule has 5 nitrogen and oxygen atoms in total. The van der Waals surface area contributed by atoms with Crippen LogP contribution in [0, 0.1) is 6.92 Å². The minimum Gasteiger partial charge on any atom is -0.497 e. The number of carbonyl (C=O) groups is 1. The molecule has 2 atom stereocenters. The highest BCUT2D eigenvalue weighted by molar-refractivity contribution is 5.81. The van der Waals surface area contributed by atoms with Crippen LogP contribution in [0.3, 0.4) is 0 Å². The van der Waals surface area contributed by atoms with Gasteiger partial charge in [-0.3, -0.25) is 4.79 Å². The second-order valence-electron chi connectivity index (χ2n) is 6.39. The van der Waals surface area contributed by atoms with Gasteiger partial charge in [-0.15, -0.1) is 0 Å². The number of rotatable bonds is 9. The fourth-order valence-electron chi connectivity index (χ4n) is 2.94. The lowest BCUT2D eigenvalue weighted by molar-refractivity contribution is -0.128. The molecule has 5 heteroatoms. The van der Waals surface area contributed by atoms with Crippen molar-refractivity contribution >= 4 is 5.91 Å². The van der Waals surface area contributed by atoms with Gasteiger partial charge in [0.1, 0.15) is 17.2 Å². The molecule has 1 N–H and O–H groups in total. The Bertz CT molecular complexity index is 742. The average Bonchev–Trinajstić information content (AvgIpc) is 2.70. The normalized spacial score (nSPS) is 12.8. The smallest absolute Gasteiger partial charge is 0.261 e. The first-order valence-electron chi connectivity index (χ1n) is 9.27. The molecule has 2 aromatic carbocycles. The molecule has 0 saturated carbocycles. The molecular formula is C22H29NO4. The van der Waals surface area contributed by atoms with Gasteiger partial charge in [-0.1, -0.05) is 26.0 Å². The molecule has 0 heterocycles. The summed E-state index contributed by atoms with van der Waals surface area (Å²) in [6, 6.07) is 13.1. The van der Waals surface area contributed by atoms with Crippen molar-refractivity contribution in [1.29, 1.82) is 0 Å². The topological polar surface area (TPSA) is 56.8 Å². The monoisotopic (exact) mass is 371 g/mol. The van der Waals surface area contributed by atoms with E-state index in [1.54, 1.807) is 26.4 Å². The van der Waals surface area contributed by atoms with Crippen LogP contribution >= 0.6 is 0 Å². The van der Waals surface area contributed by atoms with Gasteiger partial charge < -0.3 is 19.5 Å². The van der Waals surface area contributed by atoms with Gasteiger partial charge in [-0.2, -0.15) is 0 Å². The Labute approximate surface area is 161 Å². The van der Waals surface area contributed by atoms with Crippen molar-refractivity contribution in [2.45, 2.75) is 45.8 Å². The lowest BCUT2D eigenvalue weighted by Crippen LogP contribution is -2.39. The van der Waals surface area contributed by atoms with Gasteiger partial charge in [0.15, 0.2) is 6.10 Å². The van der Waals surface area contributed by atoms with Crippen molar-refractivity contribution in [3.8, 4) is 17.2 Å². The van der Waals surface area contributed by atoms with Crippen molar-refractivity contribution in [3.05, 3.63) is 53.6 Å². The minimum atomic E-state index is -0.549. The summed E-state index contributed by atoms with van der Waals surface area (Å²) < 4.78 is 16.3. The maximum absolute atomic E-state index is 12.8. The first-order chi connectivity index (χ1) is 13.0. The Morgan fingerprint density at radius 3 is 2.15 bits per heavy atom. The number of amides is 1. The van der Waals surface area contributed by atoms with E-state index in [1.165, 1.54) is 0 Å². The largest absolute Gasteiger partial charge is 0.497 e. The molecule has 146 valence electrons. The van der Waals surface area contributed by atoms with Crippen molar-refractivity contribution in [2.75, 3.05) is 14.2 Å². The second-order valence-corrected chi connectivity index (χ2v) is 6.39. The van der Waals surface area contributed by atoms with Crippen LogP contribution in [0.5, 0.6) is 17.2 Å². The molecule has 0 saturated heterocycles. The fourth-order valence-corrected chi connectivity index (χ4v) is 2.94. The first kappa shape index (κ1) is 20.6. The second kappa shape index (κ2) is 9.86. The number of nitrogens with one attached hydrogen (secondary N) is 1. The number of benzene rings is 2. The lowest BCUT2D eigenvalue weighted by atomic mass is 10.0. The van der Waals surface area contributed by atoms with Crippen molar-refractivity contribution in [3.63, 3.8) is 0 Å². The number of aryl methyl sites for hydroxylation is 1. The third-order valence-corrected chi connectivity index (χ3v) is 4.55. The van der Waals surface area contributed by atoms with E-state index in [2.05, 4.69) is 18.3 Å². The summed E-state index contributed by atoms with van der Waals surface area (Å²) in [7, 11) is 3.27. The Morgan fingerprint density at radius 1 is 0.963 bits per heavy atom. The third kappa shape index (κ3) is 5.39. The van der Waals surface area contributed by atoms with Crippen LogP contribution < -0.4 is 19.5 Å². The van der Waals surface area contributed by atoms with Gasteiger partial charge in [0.25, 0.3) is 5.91 Å². The van der Waals surface area contributed by atoms with E-state index in [1.807, 2.05) is 38.1 Å². The van der Waals surface area contributed by atoms with Crippen LogP contribution in [0.15, 0.2) is 42.5 Å². The summed E-state index contributed by atoms with van der Waals surface area (Å²) in [4.78, 5) is 12.8. The molecule has 0 unspecified atom stereocenters. The summed E-state index contributed by atoms with van der Waals surface area (Å²) >= 11 is 0. The third-order valence-electron chi connectivity index (χ3n) is 4.55. The molecule has 0 aliphatic heterocycles. The zero-order valence-corrected chi connectivity index (χ0v) is 16.7. The van der Waals surface area contributed by atoms with Crippen LogP contribution in [0.2, 0.25) is 0 Å². The van der Waals surface area contributed by atoms with E-state index in [9.17, 15) is 4.79 Å². The molecular weight excluding hydrogens is 342 g/mol. The Morgan fingerprint density at radius 2 is 1.63 bits per heavy atom. The van der Waals surface area contributed by atoms with Crippen LogP contribution in [0.4, 0.5) is 0 Å². The van der Waals surface area contributed by atoms with Gasteiger partial charge in [0.05, 0.1) is 20.3 Å². The standard InChI is InChI=1S/C22H29NO4/c1-6-19(16-8-13-21(26-5)15(3)14-16)23-22(24)20(7-2)27-18-11-9-17(25-4)10-12-18/h8-14,19-20H,6-7H2,1-5H3,(H,23,24)/t19-,20+/m1/s1. The number of methoxy groups -OCH3 is 2. The molecule has 0 aliphatic carbocycles. The van der Waals surface area contributed by atoms with E-state index < -0.39 is 6.10 Å². The van der Waals surface area contributed by atoms with Gasteiger partial charge in [0.2, 0.25) is 0 Å². The van der Waals surface area contributed by atoms with Gasteiger partial charge >= 0.3 is 0 Å². The molecule has 0 fully saturated rings. The van der Waals surface area contributed by atoms with Crippen LogP contribution in [-0.2, 0) is 4.79 Å². The van der Waals surface area contributed by atoms with Gasteiger partial charge in [0, 0.05) is 0 Å². The molecule has 2 aromatic rings. The number of carbonyl (C=O) groups excluding carboxylic acids is 1. The highest BCUT2D eigenvalue weighted by atomic mass is 16.5. The van der Waals surface area contributed by atoms with E-state index in [0.717, 1.165) is 29.0 Å². The van der Waals surface area contributed by atoms with Crippen LogP contribution in [-0.4, -0.2) is 26.2 Å². The molecule has 0 aliphatic rings. The number of hydrogen-bond acceptors (Lipinski definition) is 4. The maximum Gasteiger partial charge on any atom is 0.261 e. The first-order valence-corrected chi connectivity index (χ1v) is 9.27. The highest BCUT2D eigenvalue weighted by Gasteiger charge is 2.22. The fraction of sp³-hybridized carbons (Fsp3) is 0.409. The molecule has 1 amide bonds. The quantitative estimate of drug-likeness (QED) is 0.708. The lowest BCUT2D eigenvalue weighted by Gasteiger charge is -2.23. The molecule has 2 rings (SSSR count). The zero-order chi connectivity index (χ0) is 19.8. The van der Waals surface area contributed by atoms with Crippen LogP contribution in [0.25, 0.3) is 0 Å². The van der Waals surface area contributed by atoms with E-state index in [-0.39, 0.29) is 11.9 Å². The Kier molecular flexibility index (Phi) is 7.53. The van der Waals surface area contributed by atoms with E-state index in [4.69, 9.17) is 14.2 Å². The summed E-state index contributed by atoms with van der Waals surface area (Å²) in [6.07, 6.45) is 0.818. The Hall–Kier alpha value is -2.69. The van der Waals surface area contributed by atoms with E-state index in [0.29, 0.717) is 12.2 Å². The predicted octanol–water partition coefficient (Wildman–Crippen LogP) is 4.44. The van der Waals surface area contributed by atoms with Crippen molar-refractivity contribution < 1.29 is 19.0 Å². The number of hydrogen-bond donors (Lipinski definition) is 1. The van der Waals surface area contributed by atoms with Crippen molar-refractivity contribution in [1.82, 2.24) is 5.32 Å². The molecule has 0 radical (unpaired) electrons. The summed E-state index contributed by atoms with van der Waals surface area (Å²) in [5, 5.41) is 3.11. The molecule has 27 heavy (non-hydrogen) atoms. The minimum absolute atomic E-state index is 0.0735. The predicted molar refractivity (Wildman–Crippen MR) is 107 cm³/mol. The number of ether oxygens (including phenoxy) is 3. The molecule has 0 aromatic heterocycles. The summed E-state index contributed by atoms with van der Waals surface area (Å²) in [5.41, 5.74) is 2.10. The summed E-state index contributed by atoms with van der Waals surface area (Å²) in [5.74, 6) is 2.12. The SMILES string of the molecule is CC[C@H](Oc1ccc(OC)cc1)C(=O)N[C@H](CC)c1ccc(OC)c(C)c1. The van der Waals surface area contributed by atoms with Crippen molar-refractivity contribution in [2.24, 2.45) is 0 Å². The Balaban J connectivity index is 2.07. The molecule has 0 bridgehead atoms. The zero-order valence-electron chi connectivity index (χ0n) is 16.7. The molecule has 0 spiro atoms. The maximum atomic E-state index is 12.8.